The Bertz CT molecular complexity index is 927. The van der Waals surface area contributed by atoms with Crippen molar-refractivity contribution in [3.63, 3.8) is 0 Å². The number of amides is 1. The molecule has 0 aromatic heterocycles. The Labute approximate surface area is 247 Å². The van der Waals surface area contributed by atoms with Gasteiger partial charge < -0.3 is 93.4 Å². The van der Waals surface area contributed by atoms with Crippen molar-refractivity contribution in [1.29, 1.82) is 0 Å². The largest absolute Gasteiger partial charge is 0.394 e. The zero-order valence-corrected chi connectivity index (χ0v) is 23.4. The van der Waals surface area contributed by atoms with E-state index in [0.717, 1.165) is 0 Å². The molecule has 0 spiro atoms. The molecule has 0 radical (unpaired) electrons. The number of nitrogens with one attached hydrogen (secondary N) is 1. The van der Waals surface area contributed by atoms with Crippen LogP contribution in [0, 0.1) is 0 Å². The van der Waals surface area contributed by atoms with E-state index in [-0.39, 0.29) is 25.8 Å². The monoisotopic (exact) mass is 626 g/mol. The first kappa shape index (κ1) is 34.7. The highest BCUT2D eigenvalue weighted by molar-refractivity contribution is 5.80. The van der Waals surface area contributed by atoms with Gasteiger partial charge in [-0.15, -0.1) is 0 Å². The van der Waals surface area contributed by atoms with Crippen LogP contribution in [-0.4, -0.2) is 165 Å². The molecule has 0 aromatic carbocycles. The lowest BCUT2D eigenvalue weighted by atomic mass is 9.84. The van der Waals surface area contributed by atoms with Crippen LogP contribution in [0.5, 0.6) is 0 Å². The lowest BCUT2D eigenvalue weighted by Gasteiger charge is -2.51. The molecule has 18 atom stereocenters. The van der Waals surface area contributed by atoms with Crippen molar-refractivity contribution in [3.05, 3.63) is 0 Å². The molecule has 250 valence electrons. The Hall–Kier alpha value is -1.21. The van der Waals surface area contributed by atoms with Crippen molar-refractivity contribution in [2.24, 2.45) is 28.7 Å². The van der Waals surface area contributed by atoms with Gasteiger partial charge in [0.2, 0.25) is 5.91 Å². The van der Waals surface area contributed by atoms with Gasteiger partial charge in [-0.3, -0.25) is 4.79 Å². The van der Waals surface area contributed by atoms with E-state index in [9.17, 15) is 40.5 Å². The van der Waals surface area contributed by atoms with E-state index in [1.165, 1.54) is 0 Å². The van der Waals surface area contributed by atoms with Gasteiger partial charge in [0.05, 0.1) is 36.9 Å². The average molecular weight is 627 g/mol. The van der Waals surface area contributed by atoms with Gasteiger partial charge >= 0.3 is 0 Å². The van der Waals surface area contributed by atoms with Crippen molar-refractivity contribution in [3.8, 4) is 0 Å². The minimum atomic E-state index is -1.64. The van der Waals surface area contributed by atoms with E-state index in [1.54, 1.807) is 0 Å². The Morgan fingerprint density at radius 1 is 0.814 bits per heavy atom. The minimum absolute atomic E-state index is 0.0275. The second-order valence-electron chi connectivity index (χ2n) is 11.6. The summed E-state index contributed by atoms with van der Waals surface area (Å²) in [5.74, 6) is -0.804. The molecule has 3 aliphatic heterocycles. The SMILES string of the molecule is NCCC(O)C(=O)N[C@@H]1CC2O[C@H](O[C@H]3O[C@H](CO)[C@@H](N)[C@H](O)[C@H]3O)[C@@H](N)[C@@H](O)[C@H]2O[C@@H]1O[C@H]1[C@H](O)[C@@H](O)[C@H](N)C[C@@H]1N. The summed E-state index contributed by atoms with van der Waals surface area (Å²) >= 11 is 0. The average Bonchev–Trinajstić information content (AvgIpc) is 2.97. The summed E-state index contributed by atoms with van der Waals surface area (Å²) in [6.07, 6.45) is -17.7. The van der Waals surface area contributed by atoms with Crippen LogP contribution < -0.4 is 34.0 Å². The quantitative estimate of drug-likeness (QED) is 0.113. The fourth-order valence-electron chi connectivity index (χ4n) is 5.84. The minimum Gasteiger partial charge on any atom is -0.394 e. The predicted molar refractivity (Wildman–Crippen MR) is 142 cm³/mol. The lowest BCUT2D eigenvalue weighted by Crippen LogP contribution is -2.70. The molecule has 4 rings (SSSR count). The van der Waals surface area contributed by atoms with E-state index in [4.69, 9.17) is 52.4 Å². The van der Waals surface area contributed by atoms with Crippen molar-refractivity contribution < 1.29 is 64.2 Å². The molecule has 3 heterocycles. The summed E-state index contributed by atoms with van der Waals surface area (Å²) < 4.78 is 29.1. The highest BCUT2D eigenvalue weighted by Crippen LogP contribution is 2.35. The zero-order chi connectivity index (χ0) is 31.7. The van der Waals surface area contributed by atoms with Crippen LogP contribution in [0.3, 0.4) is 0 Å². The van der Waals surface area contributed by atoms with Gasteiger partial charge in [0, 0.05) is 18.5 Å². The molecule has 19 heteroatoms. The Morgan fingerprint density at radius 3 is 2.16 bits per heavy atom. The van der Waals surface area contributed by atoms with E-state index in [2.05, 4.69) is 5.32 Å². The number of carbonyl (C=O) groups excluding carboxylic acids is 1. The smallest absolute Gasteiger partial charge is 0.249 e. The molecule has 0 aromatic rings. The summed E-state index contributed by atoms with van der Waals surface area (Å²) in [7, 11) is 0. The van der Waals surface area contributed by atoms with Crippen molar-refractivity contribution >= 4 is 5.91 Å². The first-order valence-electron chi connectivity index (χ1n) is 14.3. The van der Waals surface area contributed by atoms with Gasteiger partial charge in [0.15, 0.2) is 18.9 Å². The zero-order valence-electron chi connectivity index (χ0n) is 23.4. The third-order valence-electron chi connectivity index (χ3n) is 8.49. The number of rotatable bonds is 9. The first-order chi connectivity index (χ1) is 20.3. The van der Waals surface area contributed by atoms with Crippen LogP contribution in [0.2, 0.25) is 0 Å². The second kappa shape index (κ2) is 14.5. The topological polar surface area (TPSA) is 347 Å². The fraction of sp³-hybridized carbons (Fsp3) is 0.958. The highest BCUT2D eigenvalue weighted by Gasteiger charge is 2.54. The van der Waals surface area contributed by atoms with E-state index >= 15 is 0 Å². The number of aliphatic hydroxyl groups is 7. The molecule has 1 amide bonds. The van der Waals surface area contributed by atoms with Crippen LogP contribution in [-0.2, 0) is 28.5 Å². The number of nitrogens with two attached hydrogens (primary N) is 5. The molecule has 1 saturated carbocycles. The number of fused-ring (bicyclic) bond motifs is 1. The van der Waals surface area contributed by atoms with Crippen molar-refractivity contribution in [2.45, 2.75) is 129 Å². The van der Waals surface area contributed by atoms with Crippen LogP contribution in [0.25, 0.3) is 0 Å². The maximum atomic E-state index is 12.7. The molecule has 43 heavy (non-hydrogen) atoms. The van der Waals surface area contributed by atoms with Gasteiger partial charge in [-0.1, -0.05) is 0 Å². The maximum Gasteiger partial charge on any atom is 0.249 e. The van der Waals surface area contributed by atoms with Gasteiger partial charge in [-0.05, 0) is 19.4 Å². The maximum absolute atomic E-state index is 12.7. The Balaban J connectivity index is 1.52. The third kappa shape index (κ3) is 7.28. The number of hydrogen-bond donors (Lipinski definition) is 13. The van der Waals surface area contributed by atoms with Crippen LogP contribution in [0.4, 0.5) is 0 Å². The normalized spacial score (nSPS) is 49.6. The highest BCUT2D eigenvalue weighted by atomic mass is 16.8. The van der Waals surface area contributed by atoms with Gasteiger partial charge in [-0.2, -0.15) is 0 Å². The van der Waals surface area contributed by atoms with Crippen LogP contribution in [0.15, 0.2) is 0 Å². The molecule has 0 bridgehead atoms. The summed E-state index contributed by atoms with van der Waals surface area (Å²) in [5, 5.41) is 75.1. The van der Waals surface area contributed by atoms with Gasteiger partial charge in [0.1, 0.15) is 48.8 Å². The van der Waals surface area contributed by atoms with Crippen molar-refractivity contribution in [1.82, 2.24) is 5.32 Å². The standard InChI is InChI=1S/C24H46N6O13/c25-2-1-9(32)21(38)30-8-4-10-20(42-22(8)41-19-7(27)3-6(26)14(33)17(19)36)16(35)13(29)23(39-10)43-24-18(37)15(34)12(28)11(5-31)40-24/h6-20,22-24,31-37H,1-5,25-29H2,(H,30,38)/t6-,7+,8-,9?,10?,11-,12-,13+,14+,15+,16-,17-,18-,19-,20+,22+,23-,24-/m1/s1. The fourth-order valence-corrected chi connectivity index (χ4v) is 5.84. The van der Waals surface area contributed by atoms with E-state index in [0.29, 0.717) is 0 Å². The number of aliphatic hydroxyl groups excluding tert-OH is 7. The van der Waals surface area contributed by atoms with Crippen molar-refractivity contribution in [2.75, 3.05) is 13.2 Å². The van der Waals surface area contributed by atoms with Crippen LogP contribution >= 0.6 is 0 Å². The molecule has 19 nitrogen and oxygen atoms in total. The molecule has 1 aliphatic carbocycles. The Kier molecular flexibility index (Phi) is 11.7. The predicted octanol–water partition coefficient (Wildman–Crippen LogP) is -8.34. The lowest BCUT2D eigenvalue weighted by molar-refractivity contribution is -0.371. The number of hydrogen-bond acceptors (Lipinski definition) is 18. The number of ether oxygens (including phenoxy) is 5. The summed E-state index contributed by atoms with van der Waals surface area (Å²) in [6, 6.07) is -5.08. The molecular weight excluding hydrogens is 580 g/mol. The Morgan fingerprint density at radius 2 is 1.51 bits per heavy atom. The van der Waals surface area contributed by atoms with E-state index < -0.39 is 123 Å². The second-order valence-corrected chi connectivity index (χ2v) is 11.6. The molecular formula is C24H46N6O13. The van der Waals surface area contributed by atoms with E-state index in [1.807, 2.05) is 0 Å². The molecule has 18 N–H and O–H groups in total. The summed E-state index contributed by atoms with van der Waals surface area (Å²) in [6.45, 7) is -0.551. The molecule has 4 fully saturated rings. The van der Waals surface area contributed by atoms with Gasteiger partial charge in [-0.25, -0.2) is 0 Å². The molecule has 4 aliphatic rings. The molecule has 3 saturated heterocycles. The first-order valence-corrected chi connectivity index (χ1v) is 14.3. The van der Waals surface area contributed by atoms with Crippen LogP contribution in [0.1, 0.15) is 19.3 Å². The van der Waals surface area contributed by atoms with Gasteiger partial charge in [0.25, 0.3) is 0 Å². The summed E-state index contributed by atoms with van der Waals surface area (Å²) in [4.78, 5) is 12.7. The third-order valence-corrected chi connectivity index (χ3v) is 8.49. The number of carbonyl (C=O) groups is 1. The molecule has 2 unspecified atom stereocenters. The summed E-state index contributed by atoms with van der Waals surface area (Å²) in [5.41, 5.74) is 29.4.